The fourth-order valence-corrected chi connectivity index (χ4v) is 2.27. The topological polar surface area (TPSA) is 106 Å². The van der Waals surface area contributed by atoms with Crippen LogP contribution in [0.2, 0.25) is 0 Å². The van der Waals surface area contributed by atoms with E-state index in [4.69, 9.17) is 11.5 Å². The molecule has 0 saturated carbocycles. The third-order valence-corrected chi connectivity index (χ3v) is 3.24. The minimum Gasteiger partial charge on any atom is -0.508 e. The fourth-order valence-electron chi connectivity index (χ4n) is 2.27. The maximum atomic E-state index is 12.4. The summed E-state index contributed by atoms with van der Waals surface area (Å²) < 4.78 is 0. The Balaban J connectivity index is 2.36. The molecule has 19 heavy (non-hydrogen) atoms. The van der Waals surface area contributed by atoms with E-state index in [1.807, 2.05) is 0 Å². The Kier molecular flexibility index (Phi) is 2.13. The Bertz CT molecular complexity index is 751. The van der Waals surface area contributed by atoms with Crippen LogP contribution in [-0.2, 0) is 0 Å². The van der Waals surface area contributed by atoms with Gasteiger partial charge in [-0.25, -0.2) is 0 Å². The van der Waals surface area contributed by atoms with E-state index in [0.29, 0.717) is 0 Å². The van der Waals surface area contributed by atoms with Crippen LogP contribution in [-0.4, -0.2) is 16.7 Å². The molecule has 0 heterocycles. The highest BCUT2D eigenvalue weighted by atomic mass is 16.3. The second kappa shape index (κ2) is 3.58. The molecule has 0 aliphatic heterocycles. The molecule has 0 amide bonds. The van der Waals surface area contributed by atoms with Crippen molar-refractivity contribution in [3.63, 3.8) is 0 Å². The number of nitrogens with two attached hydrogens (primary N) is 2. The summed E-state index contributed by atoms with van der Waals surface area (Å²) in [6.45, 7) is 0. The average molecular weight is 254 g/mol. The van der Waals surface area contributed by atoms with Crippen molar-refractivity contribution in [1.82, 2.24) is 0 Å². The van der Waals surface area contributed by atoms with Gasteiger partial charge in [0.15, 0.2) is 11.6 Å². The summed E-state index contributed by atoms with van der Waals surface area (Å²) in [7, 11) is 0. The molecule has 1 aliphatic rings. The molecule has 94 valence electrons. The van der Waals surface area contributed by atoms with Gasteiger partial charge in [0, 0.05) is 16.7 Å². The molecule has 2 aromatic rings. The Hall–Kier alpha value is -2.82. The van der Waals surface area contributed by atoms with Gasteiger partial charge in [0.25, 0.3) is 0 Å². The maximum Gasteiger partial charge on any atom is 0.196 e. The van der Waals surface area contributed by atoms with Crippen molar-refractivity contribution in [2.45, 2.75) is 0 Å². The first-order chi connectivity index (χ1) is 9.00. The molecule has 1 aliphatic carbocycles. The second-order valence-corrected chi connectivity index (χ2v) is 4.38. The summed E-state index contributed by atoms with van der Waals surface area (Å²) in [6.07, 6.45) is 0. The maximum absolute atomic E-state index is 12.4. The molecule has 5 N–H and O–H groups in total. The molecular weight excluding hydrogens is 244 g/mol. The molecule has 5 nitrogen and oxygen atoms in total. The molecule has 3 rings (SSSR count). The quantitative estimate of drug-likeness (QED) is 0.525. The van der Waals surface area contributed by atoms with E-state index < -0.39 is 5.78 Å². The Morgan fingerprint density at radius 3 is 2.26 bits per heavy atom. The first-order valence-corrected chi connectivity index (χ1v) is 5.61. The lowest BCUT2D eigenvalue weighted by molar-refractivity contribution is 0.0979. The molecule has 2 aromatic carbocycles. The Morgan fingerprint density at radius 2 is 1.53 bits per heavy atom. The van der Waals surface area contributed by atoms with Crippen LogP contribution in [0.4, 0.5) is 11.4 Å². The van der Waals surface area contributed by atoms with Gasteiger partial charge in [0.05, 0.1) is 16.9 Å². The number of carbonyl (C=O) groups is 2. The largest absolute Gasteiger partial charge is 0.508 e. The number of phenolic OH excluding ortho intramolecular Hbond substituents is 1. The lowest BCUT2D eigenvalue weighted by Gasteiger charge is -2.19. The van der Waals surface area contributed by atoms with Gasteiger partial charge < -0.3 is 16.6 Å². The molecule has 0 saturated heterocycles. The van der Waals surface area contributed by atoms with Gasteiger partial charge >= 0.3 is 0 Å². The molecule has 0 aromatic heterocycles. The monoisotopic (exact) mass is 254 g/mol. The number of fused-ring (bicyclic) bond motifs is 2. The van der Waals surface area contributed by atoms with Crippen molar-refractivity contribution in [2.75, 3.05) is 11.5 Å². The van der Waals surface area contributed by atoms with Crippen LogP contribution < -0.4 is 11.5 Å². The van der Waals surface area contributed by atoms with Crippen LogP contribution in [0.15, 0.2) is 30.3 Å². The zero-order chi connectivity index (χ0) is 13.7. The highest BCUT2D eigenvalue weighted by Gasteiger charge is 2.32. The van der Waals surface area contributed by atoms with Gasteiger partial charge in [-0.1, -0.05) is 0 Å². The summed E-state index contributed by atoms with van der Waals surface area (Å²) >= 11 is 0. The van der Waals surface area contributed by atoms with Crippen molar-refractivity contribution in [1.29, 1.82) is 0 Å². The van der Waals surface area contributed by atoms with E-state index in [-0.39, 0.29) is 45.2 Å². The molecule has 0 atom stereocenters. The molecular formula is C14H10N2O3. The van der Waals surface area contributed by atoms with Crippen molar-refractivity contribution in [3.05, 3.63) is 52.6 Å². The van der Waals surface area contributed by atoms with Crippen molar-refractivity contribution < 1.29 is 14.7 Å². The normalized spacial score (nSPS) is 13.1. The van der Waals surface area contributed by atoms with Crippen molar-refractivity contribution in [3.8, 4) is 5.75 Å². The number of aromatic hydroxyl groups is 1. The summed E-state index contributed by atoms with van der Waals surface area (Å²) in [4.78, 5) is 24.7. The van der Waals surface area contributed by atoms with Gasteiger partial charge in [-0.15, -0.1) is 0 Å². The number of carbonyl (C=O) groups excluding carboxylic acids is 2. The fraction of sp³-hybridized carbons (Fsp3) is 0. The predicted octanol–water partition coefficient (Wildman–Crippen LogP) is 1.33. The second-order valence-electron chi connectivity index (χ2n) is 4.38. The molecule has 0 radical (unpaired) electrons. The zero-order valence-electron chi connectivity index (χ0n) is 9.81. The summed E-state index contributed by atoms with van der Waals surface area (Å²) in [6, 6.07) is 7.07. The van der Waals surface area contributed by atoms with E-state index in [2.05, 4.69) is 0 Å². The molecule has 0 unspecified atom stereocenters. The Labute approximate surface area is 108 Å². The average Bonchev–Trinajstić information content (AvgIpc) is 2.39. The standard InChI is InChI=1S/C14H10N2O3/c15-10-4-3-8-11(12(10)16)14(19)9-5-6(17)1-2-7(9)13(8)18/h1-5,17H,15-16H2. The van der Waals surface area contributed by atoms with Crippen LogP contribution in [0.3, 0.4) is 0 Å². The van der Waals surface area contributed by atoms with Gasteiger partial charge in [0.2, 0.25) is 0 Å². The number of benzene rings is 2. The predicted molar refractivity (Wildman–Crippen MR) is 70.2 cm³/mol. The van der Waals surface area contributed by atoms with Gasteiger partial charge in [-0.3, -0.25) is 9.59 Å². The van der Waals surface area contributed by atoms with Crippen LogP contribution in [0.5, 0.6) is 5.75 Å². The number of hydrogen-bond acceptors (Lipinski definition) is 5. The summed E-state index contributed by atoms with van der Waals surface area (Å²) in [5.41, 5.74) is 12.6. The van der Waals surface area contributed by atoms with Crippen LogP contribution in [0.1, 0.15) is 31.8 Å². The highest BCUT2D eigenvalue weighted by Crippen LogP contribution is 2.34. The van der Waals surface area contributed by atoms with E-state index in [9.17, 15) is 14.7 Å². The first kappa shape index (κ1) is 11.3. The number of anilines is 2. The number of nitrogen functional groups attached to an aromatic ring is 2. The van der Waals surface area contributed by atoms with Crippen molar-refractivity contribution in [2.24, 2.45) is 0 Å². The highest BCUT2D eigenvalue weighted by molar-refractivity contribution is 6.30. The lowest BCUT2D eigenvalue weighted by atomic mass is 9.83. The van der Waals surface area contributed by atoms with E-state index in [1.165, 1.54) is 30.3 Å². The summed E-state index contributed by atoms with van der Waals surface area (Å²) in [5, 5.41) is 9.44. The lowest BCUT2D eigenvalue weighted by Crippen LogP contribution is -2.22. The summed E-state index contributed by atoms with van der Waals surface area (Å²) in [5.74, 6) is -0.771. The van der Waals surface area contributed by atoms with Crippen LogP contribution in [0, 0.1) is 0 Å². The first-order valence-electron chi connectivity index (χ1n) is 5.61. The number of hydrogen-bond donors (Lipinski definition) is 3. The molecule has 0 fully saturated rings. The van der Waals surface area contributed by atoms with Gasteiger partial charge in [0.1, 0.15) is 5.75 Å². The third kappa shape index (κ3) is 1.41. The smallest absolute Gasteiger partial charge is 0.196 e. The SMILES string of the molecule is Nc1ccc2c(c1N)C(=O)c1cc(O)ccc1C2=O. The minimum atomic E-state index is -0.398. The number of ketones is 2. The molecule has 5 heteroatoms. The van der Waals surface area contributed by atoms with Crippen molar-refractivity contribution >= 4 is 22.9 Å². The third-order valence-electron chi connectivity index (χ3n) is 3.24. The number of phenols is 1. The van der Waals surface area contributed by atoms with Gasteiger partial charge in [-0.05, 0) is 30.3 Å². The zero-order valence-corrected chi connectivity index (χ0v) is 9.81. The van der Waals surface area contributed by atoms with E-state index in [0.717, 1.165) is 0 Å². The van der Waals surface area contributed by atoms with E-state index >= 15 is 0 Å². The van der Waals surface area contributed by atoms with Crippen LogP contribution >= 0.6 is 0 Å². The molecule has 0 spiro atoms. The van der Waals surface area contributed by atoms with E-state index in [1.54, 1.807) is 0 Å². The number of rotatable bonds is 0. The Morgan fingerprint density at radius 1 is 0.842 bits per heavy atom. The van der Waals surface area contributed by atoms with Gasteiger partial charge in [-0.2, -0.15) is 0 Å². The van der Waals surface area contributed by atoms with Crippen LogP contribution in [0.25, 0.3) is 0 Å². The molecule has 0 bridgehead atoms. The minimum absolute atomic E-state index is 0.0779.